The molecule has 1 saturated heterocycles. The van der Waals surface area contributed by atoms with Crippen LogP contribution in [0.15, 0.2) is 0 Å². The molecule has 0 aromatic heterocycles. The third kappa shape index (κ3) is 3.62. The van der Waals surface area contributed by atoms with Gasteiger partial charge in [0.15, 0.2) is 6.29 Å². The van der Waals surface area contributed by atoms with Gasteiger partial charge in [-0.15, -0.1) is 0 Å². The van der Waals surface area contributed by atoms with Crippen LogP contribution in [0.25, 0.3) is 0 Å². The van der Waals surface area contributed by atoms with E-state index in [1.165, 1.54) is 6.92 Å². The van der Waals surface area contributed by atoms with Crippen LogP contribution in [-0.4, -0.2) is 65.2 Å². The van der Waals surface area contributed by atoms with Crippen molar-refractivity contribution in [3.63, 3.8) is 0 Å². The fourth-order valence-electron chi connectivity index (χ4n) is 1.56. The van der Waals surface area contributed by atoms with E-state index in [1.54, 1.807) is 6.92 Å². The van der Waals surface area contributed by atoms with Crippen LogP contribution in [-0.2, 0) is 19.0 Å². The molecule has 1 fully saturated rings. The van der Waals surface area contributed by atoms with Crippen LogP contribution >= 0.6 is 0 Å². The molecule has 0 aromatic rings. The predicted molar refractivity (Wildman–Crippen MR) is 54.9 cm³/mol. The van der Waals surface area contributed by atoms with Crippen molar-refractivity contribution in [3.8, 4) is 0 Å². The number of carbonyl (C=O) groups excluding carboxylic acids is 1. The molecule has 7 nitrogen and oxygen atoms in total. The van der Waals surface area contributed by atoms with Crippen molar-refractivity contribution >= 4 is 5.97 Å². The molecule has 17 heavy (non-hydrogen) atoms. The van der Waals surface area contributed by atoms with Crippen LogP contribution in [0.5, 0.6) is 0 Å². The van der Waals surface area contributed by atoms with Crippen LogP contribution in [0, 0.1) is 0 Å². The van der Waals surface area contributed by atoms with E-state index in [0.29, 0.717) is 0 Å². The van der Waals surface area contributed by atoms with Gasteiger partial charge in [0.1, 0.15) is 31.0 Å². The topological polar surface area (TPSA) is 105 Å². The molecule has 0 spiro atoms. The van der Waals surface area contributed by atoms with Crippen molar-refractivity contribution in [1.82, 2.24) is 0 Å². The maximum Gasteiger partial charge on any atom is 0.302 e. The Balaban J connectivity index is 2.60. The second kappa shape index (κ2) is 6.27. The summed E-state index contributed by atoms with van der Waals surface area (Å²) in [5.41, 5.74) is 0. The lowest BCUT2D eigenvalue weighted by Gasteiger charge is -2.39. The summed E-state index contributed by atoms with van der Waals surface area (Å²) in [5.74, 6) is -0.519. The Kier molecular flexibility index (Phi) is 5.29. The first kappa shape index (κ1) is 14.3. The molecule has 1 rings (SSSR count). The van der Waals surface area contributed by atoms with E-state index >= 15 is 0 Å². The third-order valence-electron chi connectivity index (χ3n) is 2.45. The van der Waals surface area contributed by atoms with Crippen molar-refractivity contribution in [2.45, 2.75) is 44.6 Å². The predicted octanol–water partition coefficient (Wildman–Crippen LogP) is -1.61. The molecule has 0 amide bonds. The molecule has 1 unspecified atom stereocenters. The average molecular weight is 250 g/mol. The van der Waals surface area contributed by atoms with Gasteiger partial charge in [0.05, 0.1) is 0 Å². The molecule has 1 heterocycles. The van der Waals surface area contributed by atoms with Crippen LogP contribution < -0.4 is 0 Å². The van der Waals surface area contributed by atoms with Crippen molar-refractivity contribution in [3.05, 3.63) is 0 Å². The highest BCUT2D eigenvalue weighted by atomic mass is 16.7. The van der Waals surface area contributed by atoms with Crippen LogP contribution in [0.2, 0.25) is 0 Å². The van der Waals surface area contributed by atoms with E-state index in [0.717, 1.165) is 0 Å². The van der Waals surface area contributed by atoms with Gasteiger partial charge in [-0.2, -0.15) is 0 Å². The SMILES string of the molecule is CCOC1O[C@H](COC(C)=O)[C@H](O)[C@H](O)[C@H]1O. The van der Waals surface area contributed by atoms with Crippen LogP contribution in [0.1, 0.15) is 13.8 Å². The van der Waals surface area contributed by atoms with Crippen molar-refractivity contribution in [2.24, 2.45) is 0 Å². The highest BCUT2D eigenvalue weighted by Gasteiger charge is 2.44. The molecule has 100 valence electrons. The Morgan fingerprint density at radius 2 is 1.88 bits per heavy atom. The minimum absolute atomic E-state index is 0.205. The van der Waals surface area contributed by atoms with Crippen molar-refractivity contribution in [1.29, 1.82) is 0 Å². The van der Waals surface area contributed by atoms with Crippen LogP contribution in [0.3, 0.4) is 0 Å². The lowest BCUT2D eigenvalue weighted by Crippen LogP contribution is -2.59. The van der Waals surface area contributed by atoms with Gasteiger partial charge in [0.2, 0.25) is 0 Å². The first-order valence-electron chi connectivity index (χ1n) is 5.42. The van der Waals surface area contributed by atoms with Crippen molar-refractivity contribution in [2.75, 3.05) is 13.2 Å². The molecule has 3 N–H and O–H groups in total. The molecule has 0 aliphatic carbocycles. The van der Waals surface area contributed by atoms with Gasteiger partial charge in [-0.05, 0) is 6.92 Å². The van der Waals surface area contributed by atoms with Crippen LogP contribution in [0.4, 0.5) is 0 Å². The highest BCUT2D eigenvalue weighted by Crippen LogP contribution is 2.22. The van der Waals surface area contributed by atoms with Gasteiger partial charge in [0, 0.05) is 13.5 Å². The monoisotopic (exact) mass is 250 g/mol. The average Bonchev–Trinajstić information content (AvgIpc) is 2.28. The largest absolute Gasteiger partial charge is 0.463 e. The first-order valence-corrected chi connectivity index (χ1v) is 5.42. The van der Waals surface area contributed by atoms with E-state index in [4.69, 9.17) is 9.47 Å². The summed E-state index contributed by atoms with van der Waals surface area (Å²) in [7, 11) is 0. The molecular formula is C10H18O7. The number of rotatable bonds is 4. The molecule has 0 aromatic carbocycles. The third-order valence-corrected chi connectivity index (χ3v) is 2.45. The Labute approximate surface area is 98.9 Å². The quantitative estimate of drug-likeness (QED) is 0.516. The zero-order valence-corrected chi connectivity index (χ0v) is 9.78. The van der Waals surface area contributed by atoms with Gasteiger partial charge in [-0.3, -0.25) is 4.79 Å². The summed E-state index contributed by atoms with van der Waals surface area (Å²) >= 11 is 0. The highest BCUT2D eigenvalue weighted by molar-refractivity contribution is 5.65. The first-order chi connectivity index (χ1) is 7.97. The molecule has 1 aliphatic heterocycles. The van der Waals surface area contributed by atoms with E-state index in [-0.39, 0.29) is 13.2 Å². The number of esters is 1. The molecule has 0 saturated carbocycles. The lowest BCUT2D eigenvalue weighted by atomic mass is 9.99. The Bertz CT molecular complexity index is 257. The van der Waals surface area contributed by atoms with Gasteiger partial charge >= 0.3 is 5.97 Å². The maximum absolute atomic E-state index is 10.6. The van der Waals surface area contributed by atoms with Gasteiger partial charge in [-0.1, -0.05) is 0 Å². The molecule has 0 bridgehead atoms. The maximum atomic E-state index is 10.6. The van der Waals surface area contributed by atoms with Crippen molar-refractivity contribution < 1.29 is 34.3 Å². The fraction of sp³-hybridized carbons (Fsp3) is 0.900. The molecule has 1 aliphatic rings. The number of aliphatic hydroxyl groups excluding tert-OH is 3. The lowest BCUT2D eigenvalue weighted by molar-refractivity contribution is -0.300. The standard InChI is InChI=1S/C10H18O7/c1-3-15-10-9(14)8(13)7(12)6(17-10)4-16-5(2)11/h6-10,12-14H,3-4H2,1-2H3/t6-,7+,8+,9-,10?/m1/s1. The summed E-state index contributed by atoms with van der Waals surface area (Å²) < 4.78 is 15.0. The zero-order valence-electron chi connectivity index (χ0n) is 9.78. The Morgan fingerprint density at radius 1 is 1.24 bits per heavy atom. The molecular weight excluding hydrogens is 232 g/mol. The van der Waals surface area contributed by atoms with Gasteiger partial charge in [-0.25, -0.2) is 0 Å². The second-order valence-corrected chi connectivity index (χ2v) is 3.77. The van der Waals surface area contributed by atoms with E-state index in [9.17, 15) is 20.1 Å². The number of carbonyl (C=O) groups is 1. The minimum Gasteiger partial charge on any atom is -0.463 e. The minimum atomic E-state index is -1.40. The number of aliphatic hydroxyl groups is 3. The summed E-state index contributed by atoms with van der Waals surface area (Å²) in [6, 6.07) is 0. The molecule has 7 heteroatoms. The summed E-state index contributed by atoms with van der Waals surface area (Å²) in [5, 5.41) is 28.8. The Hall–Kier alpha value is -0.730. The van der Waals surface area contributed by atoms with Gasteiger partial charge in [0.25, 0.3) is 0 Å². The van der Waals surface area contributed by atoms with Gasteiger partial charge < -0.3 is 29.5 Å². The molecule has 5 atom stereocenters. The van der Waals surface area contributed by atoms with E-state index in [2.05, 4.69) is 4.74 Å². The summed E-state index contributed by atoms with van der Waals surface area (Å²) in [6.45, 7) is 3.00. The fourth-order valence-corrected chi connectivity index (χ4v) is 1.56. The zero-order chi connectivity index (χ0) is 13.0. The van der Waals surface area contributed by atoms with E-state index in [1.807, 2.05) is 0 Å². The van der Waals surface area contributed by atoms with E-state index < -0.39 is 36.7 Å². The second-order valence-electron chi connectivity index (χ2n) is 3.77. The number of hydrogen-bond donors (Lipinski definition) is 3. The smallest absolute Gasteiger partial charge is 0.302 e. The number of ether oxygens (including phenoxy) is 3. The Morgan fingerprint density at radius 3 is 2.41 bits per heavy atom. The molecule has 0 radical (unpaired) electrons. The normalized spacial score (nSPS) is 37.8. The summed E-state index contributed by atoms with van der Waals surface area (Å²) in [6.07, 6.45) is -6.03. The summed E-state index contributed by atoms with van der Waals surface area (Å²) in [4.78, 5) is 10.6. The number of hydrogen-bond acceptors (Lipinski definition) is 7.